The Morgan fingerprint density at radius 3 is 2.45 bits per heavy atom. The predicted octanol–water partition coefficient (Wildman–Crippen LogP) is 4.54. The topological polar surface area (TPSA) is 119 Å². The molecular formula is C26H27F2N7O3. The molecule has 0 unspecified atom stereocenters. The van der Waals surface area contributed by atoms with Crippen molar-refractivity contribution in [2.45, 2.75) is 26.4 Å². The first kappa shape index (κ1) is 25.2. The lowest BCUT2D eigenvalue weighted by molar-refractivity contribution is 0.0240. The second-order valence-corrected chi connectivity index (χ2v) is 9.95. The van der Waals surface area contributed by atoms with E-state index in [0.29, 0.717) is 43.2 Å². The summed E-state index contributed by atoms with van der Waals surface area (Å²) in [6, 6.07) is 9.00. The van der Waals surface area contributed by atoms with Gasteiger partial charge in [0.05, 0.1) is 22.9 Å². The van der Waals surface area contributed by atoms with Crippen LogP contribution in [-0.2, 0) is 4.74 Å². The molecular weight excluding hydrogens is 496 g/mol. The SMILES string of the molecule is CC(C)(C)OC(=O)N1CCN(c2ccc3nc(-c4[nH]ncc4NC(=O)c4c(F)cccc4F)[nH]c3c2)CC1. The fraction of sp³-hybridized carbons (Fsp3) is 0.308. The molecule has 3 heterocycles. The lowest BCUT2D eigenvalue weighted by Crippen LogP contribution is -2.50. The molecule has 10 nitrogen and oxygen atoms in total. The van der Waals surface area contributed by atoms with E-state index in [1.165, 1.54) is 12.3 Å². The number of fused-ring (bicyclic) bond motifs is 1. The Hall–Kier alpha value is -4.48. The van der Waals surface area contributed by atoms with Crippen molar-refractivity contribution >= 4 is 34.4 Å². The van der Waals surface area contributed by atoms with Crippen molar-refractivity contribution < 1.29 is 23.1 Å². The van der Waals surface area contributed by atoms with Gasteiger partial charge in [0.2, 0.25) is 0 Å². The van der Waals surface area contributed by atoms with E-state index >= 15 is 0 Å². The molecule has 0 atom stereocenters. The van der Waals surface area contributed by atoms with E-state index in [1.54, 1.807) is 4.90 Å². The number of nitrogens with zero attached hydrogens (tertiary/aromatic N) is 4. The van der Waals surface area contributed by atoms with Gasteiger partial charge in [-0.05, 0) is 51.1 Å². The molecule has 0 radical (unpaired) electrons. The number of nitrogens with one attached hydrogen (secondary N) is 3. The summed E-state index contributed by atoms with van der Waals surface area (Å²) in [4.78, 5) is 36.6. The zero-order chi connectivity index (χ0) is 27.0. The summed E-state index contributed by atoms with van der Waals surface area (Å²) in [5, 5.41) is 9.23. The Kier molecular flexibility index (Phi) is 6.47. The molecule has 0 spiro atoms. The van der Waals surface area contributed by atoms with Crippen LogP contribution < -0.4 is 10.2 Å². The number of hydrogen-bond acceptors (Lipinski definition) is 6. The van der Waals surface area contributed by atoms with Crippen molar-refractivity contribution in [2.24, 2.45) is 0 Å². The minimum Gasteiger partial charge on any atom is -0.444 e. The summed E-state index contributed by atoms with van der Waals surface area (Å²) in [6.07, 6.45) is 1.03. The van der Waals surface area contributed by atoms with E-state index in [-0.39, 0.29) is 11.8 Å². The van der Waals surface area contributed by atoms with Gasteiger partial charge in [-0.15, -0.1) is 0 Å². The second-order valence-electron chi connectivity index (χ2n) is 9.95. The van der Waals surface area contributed by atoms with Crippen LogP contribution in [0.4, 0.5) is 25.0 Å². The van der Waals surface area contributed by atoms with Gasteiger partial charge in [-0.1, -0.05) is 6.07 Å². The number of carbonyl (C=O) groups excluding carboxylic acids is 2. The van der Waals surface area contributed by atoms with Gasteiger partial charge in [-0.2, -0.15) is 5.10 Å². The van der Waals surface area contributed by atoms with E-state index < -0.39 is 28.7 Å². The highest BCUT2D eigenvalue weighted by Crippen LogP contribution is 2.29. The lowest BCUT2D eigenvalue weighted by atomic mass is 10.2. The normalized spacial score (nSPS) is 14.1. The number of H-pyrrole nitrogens is 2. The minimum atomic E-state index is -0.962. The number of amides is 2. The van der Waals surface area contributed by atoms with Crippen LogP contribution in [0.3, 0.4) is 0 Å². The molecule has 2 aromatic heterocycles. The fourth-order valence-electron chi connectivity index (χ4n) is 4.25. The molecule has 0 saturated carbocycles. The number of ether oxygens (including phenoxy) is 1. The Bertz CT molecular complexity index is 1480. The maximum Gasteiger partial charge on any atom is 0.410 e. The maximum atomic E-state index is 14.0. The highest BCUT2D eigenvalue weighted by molar-refractivity contribution is 6.06. The maximum absolute atomic E-state index is 14.0. The quantitative estimate of drug-likeness (QED) is 0.361. The van der Waals surface area contributed by atoms with Gasteiger partial charge in [0.15, 0.2) is 5.82 Å². The number of rotatable bonds is 4. The Balaban J connectivity index is 1.31. The predicted molar refractivity (Wildman–Crippen MR) is 138 cm³/mol. The summed E-state index contributed by atoms with van der Waals surface area (Å²) in [6.45, 7) is 7.92. The third-order valence-electron chi connectivity index (χ3n) is 6.08. The number of piperazine rings is 1. The van der Waals surface area contributed by atoms with E-state index in [9.17, 15) is 18.4 Å². The van der Waals surface area contributed by atoms with Crippen molar-refractivity contribution in [3.63, 3.8) is 0 Å². The summed E-state index contributed by atoms with van der Waals surface area (Å²) in [5.74, 6) is -2.47. The number of aromatic nitrogens is 4. The third-order valence-corrected chi connectivity index (χ3v) is 6.08. The molecule has 5 rings (SSSR count). The molecule has 0 aliphatic carbocycles. The molecule has 1 aliphatic rings. The molecule has 2 amide bonds. The van der Waals surface area contributed by atoms with Gasteiger partial charge >= 0.3 is 6.09 Å². The number of benzene rings is 2. The lowest BCUT2D eigenvalue weighted by Gasteiger charge is -2.36. The molecule has 1 aliphatic heterocycles. The van der Waals surface area contributed by atoms with Gasteiger partial charge < -0.3 is 24.8 Å². The first-order valence-electron chi connectivity index (χ1n) is 12.1. The van der Waals surface area contributed by atoms with E-state index in [4.69, 9.17) is 4.74 Å². The van der Waals surface area contributed by atoms with Crippen molar-refractivity contribution in [1.29, 1.82) is 0 Å². The molecule has 38 heavy (non-hydrogen) atoms. The third kappa shape index (κ3) is 5.15. The molecule has 1 fully saturated rings. The summed E-state index contributed by atoms with van der Waals surface area (Å²) in [7, 11) is 0. The van der Waals surface area contributed by atoms with Crippen LogP contribution in [0, 0.1) is 11.6 Å². The van der Waals surface area contributed by atoms with Crippen molar-refractivity contribution in [3.05, 3.63) is 59.8 Å². The van der Waals surface area contributed by atoms with E-state index in [1.807, 2.05) is 39.0 Å². The molecule has 2 aromatic carbocycles. The Morgan fingerprint density at radius 1 is 1.05 bits per heavy atom. The van der Waals surface area contributed by atoms with Gasteiger partial charge in [0.1, 0.15) is 28.5 Å². The van der Waals surface area contributed by atoms with Crippen LogP contribution in [0.2, 0.25) is 0 Å². The smallest absolute Gasteiger partial charge is 0.410 e. The first-order valence-corrected chi connectivity index (χ1v) is 12.1. The Labute approximate surface area is 217 Å². The van der Waals surface area contributed by atoms with Gasteiger partial charge in [0.25, 0.3) is 5.91 Å². The number of halogens is 2. The average Bonchev–Trinajstić information content (AvgIpc) is 3.49. The number of anilines is 2. The fourth-order valence-corrected chi connectivity index (χ4v) is 4.25. The second kappa shape index (κ2) is 9.77. The van der Waals surface area contributed by atoms with Gasteiger partial charge in [-0.3, -0.25) is 9.89 Å². The van der Waals surface area contributed by atoms with Crippen LogP contribution in [-0.4, -0.2) is 68.8 Å². The number of hydrogen-bond donors (Lipinski definition) is 3. The van der Waals surface area contributed by atoms with Gasteiger partial charge in [0, 0.05) is 31.9 Å². The molecule has 3 N–H and O–H groups in total. The van der Waals surface area contributed by atoms with Gasteiger partial charge in [-0.25, -0.2) is 18.6 Å². The highest BCUT2D eigenvalue weighted by Gasteiger charge is 2.26. The largest absolute Gasteiger partial charge is 0.444 e. The van der Waals surface area contributed by atoms with Crippen LogP contribution in [0.1, 0.15) is 31.1 Å². The number of carbonyl (C=O) groups is 2. The van der Waals surface area contributed by atoms with Crippen LogP contribution in [0.15, 0.2) is 42.6 Å². The summed E-state index contributed by atoms with van der Waals surface area (Å²) >= 11 is 0. The summed E-state index contributed by atoms with van der Waals surface area (Å²) in [5.41, 5.74) is 1.75. The zero-order valence-corrected chi connectivity index (χ0v) is 21.1. The molecule has 12 heteroatoms. The van der Waals surface area contributed by atoms with Crippen LogP contribution in [0.25, 0.3) is 22.6 Å². The number of aromatic amines is 2. The standard InChI is InChI=1S/C26H27F2N7O3/c1-26(2,3)38-25(37)35-11-9-34(10-12-35)15-7-8-18-19(13-15)31-23(30-18)22-20(14-29-33-22)32-24(36)21-16(27)5-4-6-17(21)28/h4-8,13-14H,9-12H2,1-3H3,(H,29,33)(H,30,31)(H,32,36). The van der Waals surface area contributed by atoms with Crippen molar-refractivity contribution in [3.8, 4) is 11.5 Å². The molecule has 1 saturated heterocycles. The monoisotopic (exact) mass is 523 g/mol. The van der Waals surface area contributed by atoms with Crippen molar-refractivity contribution in [2.75, 3.05) is 36.4 Å². The van der Waals surface area contributed by atoms with Crippen molar-refractivity contribution in [1.82, 2.24) is 25.1 Å². The highest BCUT2D eigenvalue weighted by atomic mass is 19.1. The summed E-state index contributed by atoms with van der Waals surface area (Å²) < 4.78 is 33.5. The Morgan fingerprint density at radius 2 is 1.76 bits per heavy atom. The zero-order valence-electron chi connectivity index (χ0n) is 21.1. The van der Waals surface area contributed by atoms with Crippen LogP contribution in [0.5, 0.6) is 0 Å². The number of imidazole rings is 1. The minimum absolute atomic E-state index is 0.218. The average molecular weight is 524 g/mol. The molecule has 198 valence electrons. The molecule has 0 bridgehead atoms. The first-order chi connectivity index (χ1) is 18.1. The van der Waals surface area contributed by atoms with Crippen LogP contribution >= 0.6 is 0 Å². The van der Waals surface area contributed by atoms with E-state index in [0.717, 1.165) is 23.3 Å². The van der Waals surface area contributed by atoms with E-state index in [2.05, 4.69) is 30.4 Å². The molecule has 4 aromatic rings.